The zero-order chi connectivity index (χ0) is 12.9. The Morgan fingerprint density at radius 2 is 2.12 bits per heavy atom. The smallest absolute Gasteiger partial charge is 0.147 e. The Bertz CT molecular complexity index is 497. The lowest BCUT2D eigenvalue weighted by Crippen LogP contribution is -2.10. The standard InChI is InChI=1S/C11H13BrO3S2/c1-17(14,15)6-5-10(13)8-16-11-4-2-3-9(12)7-11/h2-4,7H,5-6,8H2,1H3. The van der Waals surface area contributed by atoms with Crippen LogP contribution in [0.4, 0.5) is 0 Å². The van der Waals surface area contributed by atoms with E-state index in [0.717, 1.165) is 15.6 Å². The number of benzene rings is 1. The van der Waals surface area contributed by atoms with Crippen molar-refractivity contribution in [3.8, 4) is 0 Å². The van der Waals surface area contributed by atoms with E-state index in [4.69, 9.17) is 0 Å². The Hall–Kier alpha value is -0.330. The van der Waals surface area contributed by atoms with E-state index in [1.807, 2.05) is 24.3 Å². The second kappa shape index (κ2) is 6.56. The van der Waals surface area contributed by atoms with Gasteiger partial charge in [-0.3, -0.25) is 4.79 Å². The van der Waals surface area contributed by atoms with E-state index in [1.165, 1.54) is 11.8 Å². The summed E-state index contributed by atoms with van der Waals surface area (Å²) in [4.78, 5) is 12.4. The molecule has 3 nitrogen and oxygen atoms in total. The lowest BCUT2D eigenvalue weighted by atomic mass is 10.3. The zero-order valence-electron chi connectivity index (χ0n) is 9.35. The first kappa shape index (κ1) is 14.7. The Balaban J connectivity index is 2.38. The van der Waals surface area contributed by atoms with Crippen molar-refractivity contribution in [2.45, 2.75) is 11.3 Å². The van der Waals surface area contributed by atoms with Gasteiger partial charge in [0.25, 0.3) is 0 Å². The van der Waals surface area contributed by atoms with Crippen LogP contribution >= 0.6 is 27.7 Å². The molecular formula is C11H13BrO3S2. The predicted molar refractivity (Wildman–Crippen MR) is 74.2 cm³/mol. The first-order chi connectivity index (χ1) is 7.87. The minimum atomic E-state index is -3.05. The number of Topliss-reactive ketones (excluding diaryl/α,β-unsaturated/α-hetero) is 1. The van der Waals surface area contributed by atoms with Crippen LogP contribution in [0.25, 0.3) is 0 Å². The highest BCUT2D eigenvalue weighted by Crippen LogP contribution is 2.22. The number of carbonyl (C=O) groups excluding carboxylic acids is 1. The summed E-state index contributed by atoms with van der Waals surface area (Å²) < 4.78 is 22.7. The van der Waals surface area contributed by atoms with Gasteiger partial charge in [-0.05, 0) is 18.2 Å². The third kappa shape index (κ3) is 6.85. The fraction of sp³-hybridized carbons (Fsp3) is 0.364. The number of hydrogen-bond donors (Lipinski definition) is 0. The first-order valence-electron chi connectivity index (χ1n) is 4.94. The summed E-state index contributed by atoms with van der Waals surface area (Å²) in [5, 5.41) is 0. The number of rotatable bonds is 6. The van der Waals surface area contributed by atoms with Crippen LogP contribution in [0.5, 0.6) is 0 Å². The highest BCUT2D eigenvalue weighted by Gasteiger charge is 2.08. The minimum Gasteiger partial charge on any atom is -0.299 e. The molecule has 0 bridgehead atoms. The van der Waals surface area contributed by atoms with Crippen molar-refractivity contribution in [3.05, 3.63) is 28.7 Å². The van der Waals surface area contributed by atoms with Crippen molar-refractivity contribution < 1.29 is 13.2 Å². The van der Waals surface area contributed by atoms with Crippen LogP contribution in [0.15, 0.2) is 33.6 Å². The topological polar surface area (TPSA) is 51.2 Å². The van der Waals surface area contributed by atoms with E-state index in [1.54, 1.807) is 0 Å². The molecule has 0 aliphatic carbocycles. The van der Waals surface area contributed by atoms with Crippen LogP contribution in [0.3, 0.4) is 0 Å². The van der Waals surface area contributed by atoms with Gasteiger partial charge in [0.1, 0.15) is 15.6 Å². The maximum absolute atomic E-state index is 11.5. The number of hydrogen-bond acceptors (Lipinski definition) is 4. The molecular weight excluding hydrogens is 324 g/mol. The van der Waals surface area contributed by atoms with Gasteiger partial charge in [-0.2, -0.15) is 0 Å². The highest BCUT2D eigenvalue weighted by atomic mass is 79.9. The van der Waals surface area contributed by atoms with Crippen molar-refractivity contribution in [3.63, 3.8) is 0 Å². The van der Waals surface area contributed by atoms with Gasteiger partial charge in [-0.15, -0.1) is 11.8 Å². The van der Waals surface area contributed by atoms with Gasteiger partial charge in [0.05, 0.1) is 11.5 Å². The van der Waals surface area contributed by atoms with Gasteiger partial charge in [-0.25, -0.2) is 8.42 Å². The number of thioether (sulfide) groups is 1. The third-order valence-corrected chi connectivity index (χ3v) is 4.44. The van der Waals surface area contributed by atoms with Crippen LogP contribution < -0.4 is 0 Å². The molecule has 0 saturated carbocycles. The third-order valence-electron chi connectivity index (χ3n) is 1.95. The summed E-state index contributed by atoms with van der Waals surface area (Å²) in [5.74, 6) is 0.206. The average molecular weight is 337 g/mol. The van der Waals surface area contributed by atoms with Crippen LogP contribution in [-0.4, -0.2) is 32.0 Å². The molecule has 17 heavy (non-hydrogen) atoms. The van der Waals surface area contributed by atoms with Crippen molar-refractivity contribution in [1.29, 1.82) is 0 Å². The van der Waals surface area contributed by atoms with Crippen molar-refractivity contribution in [2.75, 3.05) is 17.8 Å². The molecule has 0 atom stereocenters. The number of halogens is 1. The monoisotopic (exact) mass is 336 g/mol. The van der Waals surface area contributed by atoms with Crippen molar-refractivity contribution in [2.24, 2.45) is 0 Å². The van der Waals surface area contributed by atoms with Gasteiger partial charge in [-0.1, -0.05) is 22.0 Å². The SMILES string of the molecule is CS(=O)(=O)CCC(=O)CSc1cccc(Br)c1. The average Bonchev–Trinajstić information content (AvgIpc) is 2.23. The summed E-state index contributed by atoms with van der Waals surface area (Å²) >= 11 is 4.77. The molecule has 94 valence electrons. The van der Waals surface area contributed by atoms with Crippen LogP contribution in [-0.2, 0) is 14.6 Å². The molecule has 1 aromatic carbocycles. The lowest BCUT2D eigenvalue weighted by molar-refractivity contribution is -0.116. The molecule has 0 aliphatic rings. The minimum absolute atomic E-state index is 0.0413. The molecule has 0 N–H and O–H groups in total. The molecule has 0 amide bonds. The zero-order valence-corrected chi connectivity index (χ0v) is 12.6. The molecule has 0 spiro atoms. The quantitative estimate of drug-likeness (QED) is 0.749. The summed E-state index contributed by atoms with van der Waals surface area (Å²) in [6.45, 7) is 0. The maximum Gasteiger partial charge on any atom is 0.147 e. The van der Waals surface area contributed by atoms with Crippen LogP contribution in [0.2, 0.25) is 0 Å². The molecule has 0 unspecified atom stereocenters. The molecule has 0 fully saturated rings. The van der Waals surface area contributed by atoms with Crippen LogP contribution in [0.1, 0.15) is 6.42 Å². The highest BCUT2D eigenvalue weighted by molar-refractivity contribution is 9.10. The van der Waals surface area contributed by atoms with E-state index >= 15 is 0 Å². The number of sulfone groups is 1. The number of carbonyl (C=O) groups is 1. The predicted octanol–water partition coefficient (Wildman–Crippen LogP) is 2.55. The van der Waals surface area contributed by atoms with E-state index in [-0.39, 0.29) is 18.0 Å². The molecule has 0 aromatic heterocycles. The Kier molecular flexibility index (Phi) is 5.69. The first-order valence-corrected chi connectivity index (χ1v) is 8.78. The van der Waals surface area contributed by atoms with E-state index in [9.17, 15) is 13.2 Å². The van der Waals surface area contributed by atoms with Gasteiger partial charge in [0.15, 0.2) is 0 Å². The Morgan fingerprint density at radius 3 is 2.71 bits per heavy atom. The molecule has 0 aliphatic heterocycles. The maximum atomic E-state index is 11.5. The fourth-order valence-electron chi connectivity index (χ4n) is 1.09. The van der Waals surface area contributed by atoms with E-state index in [0.29, 0.717) is 5.75 Å². The van der Waals surface area contributed by atoms with E-state index in [2.05, 4.69) is 15.9 Å². The summed E-state index contributed by atoms with van der Waals surface area (Å²) in [7, 11) is -3.05. The summed E-state index contributed by atoms with van der Waals surface area (Å²) in [6.07, 6.45) is 1.24. The second-order valence-electron chi connectivity index (χ2n) is 3.66. The van der Waals surface area contributed by atoms with E-state index < -0.39 is 9.84 Å². The summed E-state index contributed by atoms with van der Waals surface area (Å²) in [5.41, 5.74) is 0. The normalized spacial score (nSPS) is 11.4. The lowest BCUT2D eigenvalue weighted by Gasteiger charge is -2.01. The molecule has 6 heteroatoms. The second-order valence-corrected chi connectivity index (χ2v) is 7.89. The van der Waals surface area contributed by atoms with Crippen LogP contribution in [0, 0.1) is 0 Å². The van der Waals surface area contributed by atoms with Crippen molar-refractivity contribution >= 4 is 43.3 Å². The van der Waals surface area contributed by atoms with Gasteiger partial charge in [0, 0.05) is 22.0 Å². The molecule has 0 heterocycles. The Labute approximate surface area is 114 Å². The molecule has 0 radical (unpaired) electrons. The van der Waals surface area contributed by atoms with Gasteiger partial charge in [0.2, 0.25) is 0 Å². The molecule has 0 saturated heterocycles. The molecule has 1 rings (SSSR count). The molecule has 1 aromatic rings. The van der Waals surface area contributed by atoms with Gasteiger partial charge < -0.3 is 0 Å². The number of ketones is 1. The summed E-state index contributed by atoms with van der Waals surface area (Å²) in [6, 6.07) is 7.65. The van der Waals surface area contributed by atoms with Crippen molar-refractivity contribution in [1.82, 2.24) is 0 Å². The van der Waals surface area contributed by atoms with Gasteiger partial charge >= 0.3 is 0 Å². The largest absolute Gasteiger partial charge is 0.299 e. The fourth-order valence-corrected chi connectivity index (χ4v) is 3.10. The Morgan fingerprint density at radius 1 is 1.41 bits per heavy atom.